The van der Waals surface area contributed by atoms with E-state index in [1.165, 1.54) is 0 Å². The second-order valence-corrected chi connectivity index (χ2v) is 5.85. The number of carbonyl (C=O) groups is 3. The summed E-state index contributed by atoms with van der Waals surface area (Å²) < 4.78 is 0. The fourth-order valence-corrected chi connectivity index (χ4v) is 1.81. The van der Waals surface area contributed by atoms with E-state index in [0.29, 0.717) is 12.5 Å². The normalized spacial score (nSPS) is 15.6. The molecule has 0 saturated carbocycles. The highest BCUT2D eigenvalue weighted by atomic mass is 16.2. The number of urea groups is 1. The highest BCUT2D eigenvalue weighted by Gasteiger charge is 2.27. The molecule has 4 amide bonds. The summed E-state index contributed by atoms with van der Waals surface area (Å²) in [5.41, 5.74) is -0.292. The first-order valence-corrected chi connectivity index (χ1v) is 7.06. The summed E-state index contributed by atoms with van der Waals surface area (Å²) in [7, 11) is 1.57. The Kier molecular flexibility index (Phi) is 6.14. The van der Waals surface area contributed by atoms with E-state index in [1.54, 1.807) is 7.05 Å². The Morgan fingerprint density at radius 2 is 2.00 bits per heavy atom. The fourth-order valence-electron chi connectivity index (χ4n) is 1.81. The zero-order valence-electron chi connectivity index (χ0n) is 13.4. The van der Waals surface area contributed by atoms with Crippen LogP contribution in [0.4, 0.5) is 4.79 Å². The van der Waals surface area contributed by atoms with Crippen LogP contribution in [0.2, 0.25) is 0 Å². The van der Waals surface area contributed by atoms with Crippen molar-refractivity contribution in [1.29, 1.82) is 0 Å². The van der Waals surface area contributed by atoms with E-state index in [1.807, 2.05) is 20.8 Å². The molecule has 0 bridgehead atoms. The molecule has 0 spiro atoms. The summed E-state index contributed by atoms with van der Waals surface area (Å²) in [5.74, 6) is 0.0277. The molecule has 0 aliphatic carbocycles. The van der Waals surface area contributed by atoms with Crippen LogP contribution in [0, 0.1) is 0 Å². The van der Waals surface area contributed by atoms with Crippen molar-refractivity contribution in [1.82, 2.24) is 26.2 Å². The highest BCUT2D eigenvalue weighted by molar-refractivity contribution is 6.01. The monoisotopic (exact) mass is 312 g/mol. The molecule has 1 aliphatic heterocycles. The summed E-state index contributed by atoms with van der Waals surface area (Å²) in [4.78, 5) is 39.5. The SMILES string of the molecule is CN=C(NCCN1C(=O)CNC1=O)NCC(=O)NC(C)(C)C. The van der Waals surface area contributed by atoms with Crippen LogP contribution in [0.1, 0.15) is 20.8 Å². The van der Waals surface area contributed by atoms with Gasteiger partial charge >= 0.3 is 6.03 Å². The number of guanidine groups is 1. The lowest BCUT2D eigenvalue weighted by molar-refractivity contribution is -0.125. The molecular weight excluding hydrogens is 288 g/mol. The standard InChI is InChI=1S/C13H24N6O3/c1-13(2,3)18-9(20)7-16-11(14-4)15-5-6-19-10(21)8-17-12(19)22/h5-8H2,1-4H3,(H,17,22)(H,18,20)(H2,14,15,16). The molecule has 0 aromatic carbocycles. The van der Waals surface area contributed by atoms with Gasteiger partial charge in [-0.1, -0.05) is 0 Å². The van der Waals surface area contributed by atoms with Gasteiger partial charge in [0.1, 0.15) is 0 Å². The molecule has 1 heterocycles. The average Bonchev–Trinajstić information content (AvgIpc) is 2.72. The van der Waals surface area contributed by atoms with Gasteiger partial charge < -0.3 is 21.3 Å². The van der Waals surface area contributed by atoms with Crippen molar-refractivity contribution in [3.05, 3.63) is 0 Å². The van der Waals surface area contributed by atoms with Crippen molar-refractivity contribution < 1.29 is 14.4 Å². The summed E-state index contributed by atoms with van der Waals surface area (Å²) in [6.45, 7) is 6.40. The first kappa shape index (κ1) is 17.7. The lowest BCUT2D eigenvalue weighted by Gasteiger charge is -2.21. The predicted molar refractivity (Wildman–Crippen MR) is 82.4 cm³/mol. The number of nitrogens with zero attached hydrogens (tertiary/aromatic N) is 2. The third kappa shape index (κ3) is 5.98. The summed E-state index contributed by atoms with van der Waals surface area (Å²) in [6, 6.07) is -0.390. The van der Waals surface area contributed by atoms with E-state index in [0.717, 1.165) is 4.90 Å². The summed E-state index contributed by atoms with van der Waals surface area (Å²) in [6.07, 6.45) is 0. The van der Waals surface area contributed by atoms with E-state index in [4.69, 9.17) is 0 Å². The molecule has 0 aromatic heterocycles. The maximum atomic E-state index is 11.7. The van der Waals surface area contributed by atoms with Gasteiger partial charge in [-0.05, 0) is 20.8 Å². The summed E-state index contributed by atoms with van der Waals surface area (Å²) in [5, 5.41) is 11.1. The highest BCUT2D eigenvalue weighted by Crippen LogP contribution is 1.97. The van der Waals surface area contributed by atoms with E-state index in [9.17, 15) is 14.4 Å². The van der Waals surface area contributed by atoms with Gasteiger partial charge in [0, 0.05) is 25.7 Å². The Hall–Kier alpha value is -2.32. The number of nitrogens with one attached hydrogen (secondary N) is 4. The van der Waals surface area contributed by atoms with E-state index < -0.39 is 0 Å². The zero-order valence-corrected chi connectivity index (χ0v) is 13.4. The van der Waals surface area contributed by atoms with Crippen molar-refractivity contribution in [2.45, 2.75) is 26.3 Å². The molecule has 1 rings (SSSR count). The quantitative estimate of drug-likeness (QED) is 0.284. The lowest BCUT2D eigenvalue weighted by Crippen LogP contribution is -2.49. The minimum Gasteiger partial charge on any atom is -0.355 e. The Bertz CT molecular complexity index is 453. The first-order valence-electron chi connectivity index (χ1n) is 7.06. The Labute approximate surface area is 129 Å². The van der Waals surface area contributed by atoms with Crippen LogP contribution >= 0.6 is 0 Å². The number of hydrogen-bond acceptors (Lipinski definition) is 4. The van der Waals surface area contributed by atoms with Crippen molar-refractivity contribution in [2.24, 2.45) is 4.99 Å². The summed E-state index contributed by atoms with van der Waals surface area (Å²) >= 11 is 0. The first-order chi connectivity index (χ1) is 10.2. The number of aliphatic imine (C=N–C) groups is 1. The third-order valence-corrected chi connectivity index (χ3v) is 2.72. The van der Waals surface area contributed by atoms with Crippen molar-refractivity contribution in [3.63, 3.8) is 0 Å². The van der Waals surface area contributed by atoms with Gasteiger partial charge in [0.05, 0.1) is 13.1 Å². The van der Waals surface area contributed by atoms with Crippen LogP contribution in [-0.4, -0.2) is 67.5 Å². The van der Waals surface area contributed by atoms with Crippen LogP contribution in [-0.2, 0) is 9.59 Å². The number of rotatable bonds is 5. The zero-order chi connectivity index (χ0) is 16.8. The maximum absolute atomic E-state index is 11.7. The predicted octanol–water partition coefficient (Wildman–Crippen LogP) is -1.38. The lowest BCUT2D eigenvalue weighted by atomic mass is 10.1. The van der Waals surface area contributed by atoms with Crippen LogP contribution < -0.4 is 21.3 Å². The van der Waals surface area contributed by atoms with Gasteiger partial charge in [-0.3, -0.25) is 19.5 Å². The molecule has 0 radical (unpaired) electrons. The Morgan fingerprint density at radius 3 is 2.50 bits per heavy atom. The van der Waals surface area contributed by atoms with E-state index in [-0.39, 0.29) is 43.0 Å². The molecule has 1 aliphatic rings. The van der Waals surface area contributed by atoms with E-state index in [2.05, 4.69) is 26.3 Å². The van der Waals surface area contributed by atoms with Gasteiger partial charge in [-0.15, -0.1) is 0 Å². The number of hydrogen-bond donors (Lipinski definition) is 4. The Morgan fingerprint density at radius 1 is 1.32 bits per heavy atom. The molecular formula is C13H24N6O3. The minimum absolute atomic E-state index is 0.0405. The minimum atomic E-state index is -0.390. The van der Waals surface area contributed by atoms with Crippen LogP contribution in [0.15, 0.2) is 4.99 Å². The average molecular weight is 312 g/mol. The molecule has 9 heteroatoms. The smallest absolute Gasteiger partial charge is 0.324 e. The maximum Gasteiger partial charge on any atom is 0.324 e. The van der Waals surface area contributed by atoms with Crippen LogP contribution in [0.25, 0.3) is 0 Å². The molecule has 0 unspecified atom stereocenters. The van der Waals surface area contributed by atoms with Gasteiger partial charge in [0.2, 0.25) is 11.8 Å². The molecule has 124 valence electrons. The number of carbonyl (C=O) groups excluding carboxylic acids is 3. The second kappa shape index (κ2) is 7.62. The molecule has 1 saturated heterocycles. The molecule has 0 atom stereocenters. The molecule has 4 N–H and O–H groups in total. The topological polar surface area (TPSA) is 115 Å². The number of imide groups is 1. The van der Waals surface area contributed by atoms with E-state index >= 15 is 0 Å². The second-order valence-electron chi connectivity index (χ2n) is 5.85. The number of amides is 4. The largest absolute Gasteiger partial charge is 0.355 e. The molecule has 22 heavy (non-hydrogen) atoms. The fraction of sp³-hybridized carbons (Fsp3) is 0.692. The van der Waals surface area contributed by atoms with Gasteiger partial charge in [-0.2, -0.15) is 0 Å². The molecule has 0 aromatic rings. The van der Waals surface area contributed by atoms with Gasteiger partial charge in [0.25, 0.3) is 0 Å². The van der Waals surface area contributed by atoms with Crippen LogP contribution in [0.5, 0.6) is 0 Å². The Balaban J connectivity index is 2.30. The third-order valence-electron chi connectivity index (χ3n) is 2.72. The van der Waals surface area contributed by atoms with Gasteiger partial charge in [0.15, 0.2) is 5.96 Å². The molecule has 1 fully saturated rings. The van der Waals surface area contributed by atoms with Crippen molar-refractivity contribution in [2.75, 3.05) is 33.2 Å². The molecule has 9 nitrogen and oxygen atoms in total. The van der Waals surface area contributed by atoms with Gasteiger partial charge in [-0.25, -0.2) is 4.79 Å². The van der Waals surface area contributed by atoms with Crippen molar-refractivity contribution in [3.8, 4) is 0 Å². The van der Waals surface area contributed by atoms with Crippen molar-refractivity contribution >= 4 is 23.8 Å². The van der Waals surface area contributed by atoms with Crippen LogP contribution in [0.3, 0.4) is 0 Å².